The molecule has 1 N–H and O–H groups in total. The van der Waals surface area contributed by atoms with Crippen LogP contribution in [0.5, 0.6) is 5.75 Å². The second kappa shape index (κ2) is 10.0. The van der Waals surface area contributed by atoms with Crippen molar-refractivity contribution in [2.45, 2.75) is 19.3 Å². The second-order valence-corrected chi connectivity index (χ2v) is 5.14. The molecule has 0 fully saturated rings. The van der Waals surface area contributed by atoms with Gasteiger partial charge in [-0.25, -0.2) is 0 Å². The van der Waals surface area contributed by atoms with Crippen molar-refractivity contribution in [3.63, 3.8) is 0 Å². The van der Waals surface area contributed by atoms with E-state index in [0.29, 0.717) is 13.0 Å². The number of hydrogen-bond acceptors (Lipinski definition) is 3. The first kappa shape index (κ1) is 16.2. The predicted molar refractivity (Wildman–Crippen MR) is 85.2 cm³/mol. The fraction of sp³-hybridized carbons (Fsp3) is 0.500. The maximum absolute atomic E-state index is 11.6. The van der Waals surface area contributed by atoms with Gasteiger partial charge in [0.2, 0.25) is 5.91 Å². The van der Waals surface area contributed by atoms with Crippen LogP contribution in [-0.2, 0) is 9.53 Å². The van der Waals surface area contributed by atoms with E-state index in [4.69, 9.17) is 9.47 Å². The van der Waals surface area contributed by atoms with Crippen LogP contribution in [0.1, 0.15) is 19.3 Å². The lowest BCUT2D eigenvalue weighted by Crippen LogP contribution is -2.11. The highest BCUT2D eigenvalue weighted by atomic mass is 127. The Hall–Kier alpha value is -0.820. The van der Waals surface area contributed by atoms with Gasteiger partial charge in [-0.1, -0.05) is 22.6 Å². The van der Waals surface area contributed by atoms with Crippen molar-refractivity contribution in [1.82, 2.24) is 0 Å². The van der Waals surface area contributed by atoms with Crippen molar-refractivity contribution in [2.75, 3.05) is 30.1 Å². The molecule has 0 unspecified atom stereocenters. The molecule has 0 saturated heterocycles. The standard InChI is InChI=1S/C14H20INO3/c1-18-10-2-4-14(17)16-12-5-7-13(8-6-12)19-11-3-9-15/h5-8H,2-4,9-11H2,1H3,(H,16,17). The van der Waals surface area contributed by atoms with E-state index in [9.17, 15) is 4.79 Å². The molecule has 0 spiro atoms. The molecule has 19 heavy (non-hydrogen) atoms. The first-order chi connectivity index (χ1) is 9.26. The summed E-state index contributed by atoms with van der Waals surface area (Å²) < 4.78 is 11.6. The Labute approximate surface area is 128 Å². The second-order valence-electron chi connectivity index (χ2n) is 4.06. The molecule has 0 atom stereocenters. The SMILES string of the molecule is COCCCC(=O)Nc1ccc(OCCCI)cc1. The summed E-state index contributed by atoms with van der Waals surface area (Å²) in [5, 5.41) is 2.84. The van der Waals surface area contributed by atoms with E-state index in [2.05, 4.69) is 27.9 Å². The largest absolute Gasteiger partial charge is 0.494 e. The van der Waals surface area contributed by atoms with Crippen molar-refractivity contribution >= 4 is 34.2 Å². The van der Waals surface area contributed by atoms with Crippen LogP contribution in [0, 0.1) is 0 Å². The summed E-state index contributed by atoms with van der Waals surface area (Å²) in [6, 6.07) is 7.46. The van der Waals surface area contributed by atoms with Gasteiger partial charge in [0.15, 0.2) is 0 Å². The molecule has 1 amide bonds. The number of methoxy groups -OCH3 is 1. The zero-order valence-corrected chi connectivity index (χ0v) is 13.3. The van der Waals surface area contributed by atoms with Crippen LogP contribution in [0.25, 0.3) is 0 Å². The summed E-state index contributed by atoms with van der Waals surface area (Å²) in [7, 11) is 1.63. The monoisotopic (exact) mass is 377 g/mol. The van der Waals surface area contributed by atoms with E-state index >= 15 is 0 Å². The van der Waals surface area contributed by atoms with Crippen LogP contribution in [0.3, 0.4) is 0 Å². The van der Waals surface area contributed by atoms with Crippen LogP contribution in [0.4, 0.5) is 5.69 Å². The first-order valence-electron chi connectivity index (χ1n) is 6.34. The Kier molecular flexibility index (Phi) is 8.57. The van der Waals surface area contributed by atoms with E-state index in [1.807, 2.05) is 24.3 Å². The summed E-state index contributed by atoms with van der Waals surface area (Å²) in [4.78, 5) is 11.6. The van der Waals surface area contributed by atoms with Gasteiger partial charge in [-0.05, 0) is 37.1 Å². The minimum atomic E-state index is 0.00984. The average molecular weight is 377 g/mol. The molecule has 1 aromatic rings. The number of nitrogens with one attached hydrogen (secondary N) is 1. The van der Waals surface area contributed by atoms with Gasteiger partial charge in [-0.15, -0.1) is 0 Å². The number of hydrogen-bond donors (Lipinski definition) is 1. The molecular weight excluding hydrogens is 357 g/mol. The highest BCUT2D eigenvalue weighted by Gasteiger charge is 2.02. The summed E-state index contributed by atoms with van der Waals surface area (Å²) >= 11 is 2.33. The number of amides is 1. The number of benzene rings is 1. The molecule has 0 aliphatic heterocycles. The Balaban J connectivity index is 2.32. The summed E-state index contributed by atoms with van der Waals surface area (Å²) in [5.41, 5.74) is 0.795. The third-order valence-electron chi connectivity index (χ3n) is 2.44. The molecular formula is C14H20INO3. The van der Waals surface area contributed by atoms with E-state index in [-0.39, 0.29) is 5.91 Å². The normalized spacial score (nSPS) is 10.2. The van der Waals surface area contributed by atoms with Crippen molar-refractivity contribution in [1.29, 1.82) is 0 Å². The molecule has 5 heteroatoms. The molecule has 1 rings (SSSR count). The smallest absolute Gasteiger partial charge is 0.224 e. The van der Waals surface area contributed by atoms with Crippen molar-refractivity contribution in [3.05, 3.63) is 24.3 Å². The van der Waals surface area contributed by atoms with Gasteiger partial charge in [0, 0.05) is 30.3 Å². The van der Waals surface area contributed by atoms with E-state index in [1.54, 1.807) is 7.11 Å². The number of carbonyl (C=O) groups is 1. The summed E-state index contributed by atoms with van der Waals surface area (Å²) in [6.45, 7) is 1.34. The Morgan fingerprint density at radius 1 is 1.21 bits per heavy atom. The molecule has 0 aliphatic rings. The molecule has 1 aromatic carbocycles. The molecule has 0 saturated carbocycles. The van der Waals surface area contributed by atoms with Crippen LogP contribution in [0.2, 0.25) is 0 Å². The van der Waals surface area contributed by atoms with E-state index in [1.165, 1.54) is 0 Å². The highest BCUT2D eigenvalue weighted by molar-refractivity contribution is 14.1. The lowest BCUT2D eigenvalue weighted by atomic mass is 10.2. The first-order valence-corrected chi connectivity index (χ1v) is 7.86. The minimum absolute atomic E-state index is 0.00984. The lowest BCUT2D eigenvalue weighted by molar-refractivity contribution is -0.116. The fourth-order valence-electron chi connectivity index (χ4n) is 1.48. The zero-order valence-electron chi connectivity index (χ0n) is 11.2. The molecule has 0 aromatic heterocycles. The van der Waals surface area contributed by atoms with Crippen molar-refractivity contribution < 1.29 is 14.3 Å². The molecule has 0 radical (unpaired) electrons. The third-order valence-corrected chi connectivity index (χ3v) is 3.20. The van der Waals surface area contributed by atoms with Crippen LogP contribution >= 0.6 is 22.6 Å². The number of carbonyl (C=O) groups excluding carboxylic acids is 1. The highest BCUT2D eigenvalue weighted by Crippen LogP contribution is 2.16. The zero-order chi connectivity index (χ0) is 13.9. The van der Waals surface area contributed by atoms with Gasteiger partial charge in [-0.3, -0.25) is 4.79 Å². The van der Waals surface area contributed by atoms with Gasteiger partial charge < -0.3 is 14.8 Å². The molecule has 4 nitrogen and oxygen atoms in total. The van der Waals surface area contributed by atoms with Crippen molar-refractivity contribution in [2.24, 2.45) is 0 Å². The van der Waals surface area contributed by atoms with Gasteiger partial charge in [-0.2, -0.15) is 0 Å². The summed E-state index contributed by atoms with van der Waals surface area (Å²) in [6.07, 6.45) is 2.25. The quantitative estimate of drug-likeness (QED) is 0.408. The topological polar surface area (TPSA) is 47.6 Å². The van der Waals surface area contributed by atoms with E-state index < -0.39 is 0 Å². The number of anilines is 1. The van der Waals surface area contributed by atoms with E-state index in [0.717, 1.165) is 35.3 Å². The Morgan fingerprint density at radius 2 is 1.95 bits per heavy atom. The maximum Gasteiger partial charge on any atom is 0.224 e. The Bertz CT molecular complexity index is 367. The molecule has 0 aliphatic carbocycles. The third kappa shape index (κ3) is 7.37. The average Bonchev–Trinajstić information content (AvgIpc) is 2.41. The molecule has 0 heterocycles. The summed E-state index contributed by atoms with van der Waals surface area (Å²) in [5.74, 6) is 0.845. The number of halogens is 1. The number of alkyl halides is 1. The van der Waals surface area contributed by atoms with Crippen LogP contribution in [0.15, 0.2) is 24.3 Å². The fourth-order valence-corrected chi connectivity index (χ4v) is 1.79. The van der Waals surface area contributed by atoms with Gasteiger partial charge >= 0.3 is 0 Å². The lowest BCUT2D eigenvalue weighted by Gasteiger charge is -2.07. The van der Waals surface area contributed by atoms with Gasteiger partial charge in [0.1, 0.15) is 5.75 Å². The van der Waals surface area contributed by atoms with Crippen LogP contribution in [-0.4, -0.2) is 30.7 Å². The molecule has 106 valence electrons. The van der Waals surface area contributed by atoms with Gasteiger partial charge in [0.05, 0.1) is 6.61 Å². The van der Waals surface area contributed by atoms with Gasteiger partial charge in [0.25, 0.3) is 0 Å². The number of rotatable bonds is 9. The maximum atomic E-state index is 11.6. The Morgan fingerprint density at radius 3 is 2.58 bits per heavy atom. The van der Waals surface area contributed by atoms with Crippen molar-refractivity contribution in [3.8, 4) is 5.75 Å². The molecule has 0 bridgehead atoms. The minimum Gasteiger partial charge on any atom is -0.494 e. The predicted octanol–water partition coefficient (Wildman–Crippen LogP) is 3.26. The van der Waals surface area contributed by atoms with Crippen LogP contribution < -0.4 is 10.1 Å². The number of ether oxygens (including phenoxy) is 2.